The van der Waals surface area contributed by atoms with Gasteiger partial charge in [-0.05, 0) is 85.9 Å². The summed E-state index contributed by atoms with van der Waals surface area (Å²) in [4.78, 5) is 27.7. The second-order valence-corrected chi connectivity index (χ2v) is 13.0. The lowest BCUT2D eigenvalue weighted by Crippen LogP contribution is -2.51. The maximum absolute atomic E-state index is 13.8. The van der Waals surface area contributed by atoms with Crippen molar-refractivity contribution in [2.24, 2.45) is 11.3 Å². The monoisotopic (exact) mass is 635 g/mol. The number of benzene rings is 2. The van der Waals surface area contributed by atoms with Gasteiger partial charge in [0.1, 0.15) is 0 Å². The maximum atomic E-state index is 13.8. The number of halogens is 6. The van der Waals surface area contributed by atoms with Gasteiger partial charge in [0, 0.05) is 38.0 Å². The number of nitrogens with zero attached hydrogens (tertiary/aromatic N) is 1. The van der Waals surface area contributed by atoms with Crippen LogP contribution in [0.15, 0.2) is 48.5 Å². The maximum Gasteiger partial charge on any atom is 0.416 e. The number of hydrogen-bond donors (Lipinski definition) is 2. The third kappa shape index (κ3) is 6.93. The van der Waals surface area contributed by atoms with Gasteiger partial charge in [-0.2, -0.15) is 26.3 Å². The van der Waals surface area contributed by atoms with Crippen LogP contribution in [0.2, 0.25) is 0 Å². The number of amides is 2. The summed E-state index contributed by atoms with van der Waals surface area (Å²) < 4.78 is 80.4. The molecule has 4 atom stereocenters. The summed E-state index contributed by atoms with van der Waals surface area (Å²) in [7, 11) is 0. The highest BCUT2D eigenvalue weighted by atomic mass is 19.4. The van der Waals surface area contributed by atoms with E-state index in [0.29, 0.717) is 50.3 Å². The Bertz CT molecular complexity index is 1420. The average molecular weight is 636 g/mol. The van der Waals surface area contributed by atoms with Gasteiger partial charge in [-0.25, -0.2) is 0 Å². The van der Waals surface area contributed by atoms with Crippen LogP contribution in [0.3, 0.4) is 0 Å². The molecule has 5 nitrogen and oxygen atoms in total. The molecule has 2 amide bonds. The first-order valence-corrected chi connectivity index (χ1v) is 15.5. The third-order valence-corrected chi connectivity index (χ3v) is 10.1. The highest BCUT2D eigenvalue weighted by molar-refractivity contribution is 5.83. The normalized spacial score (nSPS) is 26.7. The minimum atomic E-state index is -4.97. The zero-order valence-electron chi connectivity index (χ0n) is 25.5. The number of hydrogen-bond acceptors (Lipinski definition) is 3. The second-order valence-electron chi connectivity index (χ2n) is 13.0. The number of allylic oxidation sites excluding steroid dienone is 1. The molecule has 2 fully saturated rings. The minimum absolute atomic E-state index is 0.0290. The molecule has 5 rings (SSSR count). The Hall–Kier alpha value is -3.34. The second kappa shape index (κ2) is 12.5. The fraction of sp³-hybridized carbons (Fsp3) is 0.529. The van der Waals surface area contributed by atoms with Gasteiger partial charge in [0.25, 0.3) is 0 Å². The zero-order chi connectivity index (χ0) is 32.6. The number of carbonyl (C=O) groups is 2. The van der Waals surface area contributed by atoms with Gasteiger partial charge in [-0.1, -0.05) is 43.3 Å². The molecule has 2 aliphatic carbocycles. The topological polar surface area (TPSA) is 61.4 Å². The van der Waals surface area contributed by atoms with Gasteiger partial charge < -0.3 is 10.6 Å². The number of likely N-dealkylation sites (tertiary alicyclic amines) is 1. The summed E-state index contributed by atoms with van der Waals surface area (Å²) in [5.41, 5.74) is -1.38. The van der Waals surface area contributed by atoms with Crippen molar-refractivity contribution < 1.29 is 35.9 Å². The average Bonchev–Trinajstić information content (AvgIpc) is 3.58. The lowest BCUT2D eigenvalue weighted by molar-refractivity contribution is -0.143. The van der Waals surface area contributed by atoms with Crippen LogP contribution in [0, 0.1) is 11.3 Å². The molecule has 244 valence electrons. The van der Waals surface area contributed by atoms with E-state index in [2.05, 4.69) is 52.8 Å². The van der Waals surface area contributed by atoms with E-state index in [9.17, 15) is 35.9 Å². The fourth-order valence-corrected chi connectivity index (χ4v) is 7.69. The fourth-order valence-electron chi connectivity index (χ4n) is 7.69. The summed E-state index contributed by atoms with van der Waals surface area (Å²) in [5.74, 6) is -0.243. The van der Waals surface area contributed by atoms with Crippen LogP contribution < -0.4 is 10.6 Å². The van der Waals surface area contributed by atoms with Gasteiger partial charge >= 0.3 is 12.4 Å². The highest BCUT2D eigenvalue weighted by Crippen LogP contribution is 2.50. The third-order valence-electron chi connectivity index (χ3n) is 10.1. The number of rotatable bonds is 8. The SMILES string of the molecule is CC(=O)NCCCC1(C(=O)NCc2cc(C(F)(F)F)cc(C(F)(F)F)c2)CCC(N2CC[C@@]3(C=Cc4ccccc43)[C@@H](C)C2)C1. The van der Waals surface area contributed by atoms with Crippen molar-refractivity contribution in [1.29, 1.82) is 0 Å². The Morgan fingerprint density at radius 2 is 1.67 bits per heavy atom. The summed E-state index contributed by atoms with van der Waals surface area (Å²) in [6.07, 6.45) is -1.69. The molecule has 1 saturated carbocycles. The molecule has 1 heterocycles. The Labute approximate surface area is 259 Å². The van der Waals surface area contributed by atoms with Crippen LogP contribution >= 0.6 is 0 Å². The molecule has 0 aromatic heterocycles. The number of alkyl halides is 6. The molecule has 2 aromatic rings. The Morgan fingerprint density at radius 1 is 0.978 bits per heavy atom. The first-order valence-electron chi connectivity index (χ1n) is 15.5. The van der Waals surface area contributed by atoms with E-state index >= 15 is 0 Å². The van der Waals surface area contributed by atoms with Gasteiger partial charge in [-0.3, -0.25) is 14.5 Å². The lowest BCUT2D eigenvalue weighted by Gasteiger charge is -2.46. The van der Waals surface area contributed by atoms with Crippen molar-refractivity contribution in [1.82, 2.24) is 15.5 Å². The molecular formula is C34H39F6N3O2. The Balaban J connectivity index is 1.30. The van der Waals surface area contributed by atoms with Crippen LogP contribution in [0.25, 0.3) is 6.08 Å². The quantitative estimate of drug-likeness (QED) is 0.240. The predicted molar refractivity (Wildman–Crippen MR) is 159 cm³/mol. The van der Waals surface area contributed by atoms with E-state index in [1.807, 2.05) is 6.07 Å². The Morgan fingerprint density at radius 3 is 2.31 bits per heavy atom. The first kappa shape index (κ1) is 33.0. The number of carbonyl (C=O) groups excluding carboxylic acids is 2. The van der Waals surface area contributed by atoms with Gasteiger partial charge in [0.05, 0.1) is 16.5 Å². The molecule has 0 radical (unpaired) electrons. The van der Waals surface area contributed by atoms with Crippen LogP contribution in [0.5, 0.6) is 0 Å². The number of fused-ring (bicyclic) bond motifs is 2. The Kier molecular flexibility index (Phi) is 9.14. The van der Waals surface area contributed by atoms with Crippen LogP contribution in [0.4, 0.5) is 26.3 Å². The van der Waals surface area contributed by atoms with Gasteiger partial charge in [0.15, 0.2) is 0 Å². The summed E-state index contributed by atoms with van der Waals surface area (Å²) >= 11 is 0. The van der Waals surface area contributed by atoms with Crippen molar-refractivity contribution in [3.63, 3.8) is 0 Å². The zero-order valence-corrected chi connectivity index (χ0v) is 25.5. The first-order chi connectivity index (χ1) is 21.1. The molecule has 0 bridgehead atoms. The molecule has 11 heteroatoms. The standard InChI is InChI=1S/C34H39F6N3O2/c1-22-21-43(15-13-32(22)12-8-25-6-3-4-7-29(25)32)28-9-11-31(19-28,10-5-14-41-23(2)44)30(45)42-20-24-16-26(33(35,36)37)18-27(17-24)34(38,39)40/h3-4,6-8,12,16-18,22,28H,5,9-11,13-15,19-21H2,1-2H3,(H,41,44)(H,42,45)/t22-,28?,31?,32-/m0/s1. The molecule has 2 N–H and O–H groups in total. The van der Waals surface area contributed by atoms with E-state index in [1.54, 1.807) is 0 Å². The van der Waals surface area contributed by atoms with Crippen LogP contribution in [-0.4, -0.2) is 42.4 Å². The summed E-state index contributed by atoms with van der Waals surface area (Å²) in [6.45, 7) is 5.26. The number of nitrogens with one attached hydrogen (secondary N) is 2. The summed E-state index contributed by atoms with van der Waals surface area (Å²) in [5, 5.41) is 5.42. The van der Waals surface area contributed by atoms with E-state index in [1.165, 1.54) is 18.1 Å². The smallest absolute Gasteiger partial charge is 0.356 e. The van der Waals surface area contributed by atoms with E-state index < -0.39 is 35.4 Å². The van der Waals surface area contributed by atoms with Gasteiger partial charge in [-0.15, -0.1) is 0 Å². The molecule has 1 aliphatic heterocycles. The lowest BCUT2D eigenvalue weighted by atomic mass is 9.67. The van der Waals surface area contributed by atoms with Crippen molar-refractivity contribution in [3.8, 4) is 0 Å². The molecule has 3 aliphatic rings. The predicted octanol–water partition coefficient (Wildman–Crippen LogP) is 7.10. The molecule has 2 unspecified atom stereocenters. The molecular weight excluding hydrogens is 596 g/mol. The van der Waals surface area contributed by atoms with Crippen molar-refractivity contribution >= 4 is 17.9 Å². The highest BCUT2D eigenvalue weighted by Gasteiger charge is 2.49. The molecule has 2 aromatic carbocycles. The van der Waals surface area contributed by atoms with Crippen molar-refractivity contribution in [2.75, 3.05) is 19.6 Å². The largest absolute Gasteiger partial charge is 0.416 e. The minimum Gasteiger partial charge on any atom is -0.356 e. The summed E-state index contributed by atoms with van der Waals surface area (Å²) in [6, 6.07) is 9.94. The molecule has 1 saturated heterocycles. The van der Waals surface area contributed by atoms with Gasteiger partial charge in [0.2, 0.25) is 11.8 Å². The van der Waals surface area contributed by atoms with Crippen molar-refractivity contribution in [3.05, 3.63) is 76.4 Å². The number of piperidine rings is 1. The van der Waals surface area contributed by atoms with E-state index in [4.69, 9.17) is 0 Å². The molecule has 1 spiro atoms. The molecule has 45 heavy (non-hydrogen) atoms. The van der Waals surface area contributed by atoms with E-state index in [-0.39, 0.29) is 34.9 Å². The van der Waals surface area contributed by atoms with Crippen LogP contribution in [0.1, 0.15) is 80.2 Å². The van der Waals surface area contributed by atoms with E-state index in [0.717, 1.165) is 25.9 Å². The van der Waals surface area contributed by atoms with Crippen LogP contribution in [-0.2, 0) is 33.9 Å². The van der Waals surface area contributed by atoms with Crippen molar-refractivity contribution in [2.45, 2.75) is 82.7 Å².